The van der Waals surface area contributed by atoms with Gasteiger partial charge in [-0.2, -0.15) is 0 Å². The predicted molar refractivity (Wildman–Crippen MR) is 74.8 cm³/mol. The van der Waals surface area contributed by atoms with Gasteiger partial charge in [0.2, 0.25) is 5.91 Å². The number of rotatable bonds is 4. The van der Waals surface area contributed by atoms with Crippen molar-refractivity contribution >= 4 is 23.1 Å². The van der Waals surface area contributed by atoms with Crippen LogP contribution in [-0.4, -0.2) is 28.9 Å². The fraction of sp³-hybridized carbons (Fsp3) is 0.846. The lowest BCUT2D eigenvalue weighted by Crippen LogP contribution is -2.48. The monoisotopic (exact) mass is 256 g/mol. The summed E-state index contributed by atoms with van der Waals surface area (Å²) in [7, 11) is 0. The summed E-state index contributed by atoms with van der Waals surface area (Å²) in [5, 5.41) is 0. The van der Waals surface area contributed by atoms with Crippen LogP contribution in [0.2, 0.25) is 0 Å². The molecular weight excluding hydrogens is 232 g/mol. The van der Waals surface area contributed by atoms with Crippen molar-refractivity contribution in [3.8, 4) is 0 Å². The first-order valence-corrected chi connectivity index (χ1v) is 6.86. The van der Waals surface area contributed by atoms with Crippen molar-refractivity contribution in [2.24, 2.45) is 17.1 Å². The van der Waals surface area contributed by atoms with E-state index in [4.69, 9.17) is 18.0 Å². The van der Waals surface area contributed by atoms with Crippen LogP contribution < -0.4 is 5.73 Å². The number of carbonyl (C=O) groups is 1. The number of hydrogen-bond acceptors (Lipinski definition) is 2. The van der Waals surface area contributed by atoms with Crippen molar-refractivity contribution in [2.45, 2.75) is 46.5 Å². The zero-order valence-electron chi connectivity index (χ0n) is 11.2. The van der Waals surface area contributed by atoms with Gasteiger partial charge in [0.25, 0.3) is 0 Å². The van der Waals surface area contributed by atoms with Gasteiger partial charge in [-0.15, -0.1) is 0 Å². The zero-order chi connectivity index (χ0) is 13.1. The molecule has 1 unspecified atom stereocenters. The van der Waals surface area contributed by atoms with Crippen LogP contribution in [-0.2, 0) is 4.79 Å². The van der Waals surface area contributed by atoms with Gasteiger partial charge in [-0.3, -0.25) is 4.79 Å². The minimum Gasteiger partial charge on any atom is -0.393 e. The summed E-state index contributed by atoms with van der Waals surface area (Å²) in [4.78, 5) is 14.7. The van der Waals surface area contributed by atoms with Crippen LogP contribution in [0.25, 0.3) is 0 Å². The normalized spacial score (nSPS) is 21.0. The van der Waals surface area contributed by atoms with Crippen molar-refractivity contribution in [3.05, 3.63) is 0 Å². The van der Waals surface area contributed by atoms with E-state index in [1.54, 1.807) is 0 Å². The zero-order valence-corrected chi connectivity index (χ0v) is 12.0. The first kappa shape index (κ1) is 14.4. The molecule has 3 nitrogen and oxygen atoms in total. The molecule has 0 aromatic carbocycles. The number of likely N-dealkylation sites (tertiary alicyclic amines) is 1. The smallest absolute Gasteiger partial charge is 0.232 e. The van der Waals surface area contributed by atoms with Crippen molar-refractivity contribution in [2.75, 3.05) is 13.1 Å². The summed E-state index contributed by atoms with van der Waals surface area (Å²) in [6.45, 7) is 8.16. The second kappa shape index (κ2) is 5.80. The first-order valence-electron chi connectivity index (χ1n) is 6.45. The van der Waals surface area contributed by atoms with Crippen LogP contribution in [0.1, 0.15) is 46.5 Å². The highest BCUT2D eigenvalue weighted by molar-refractivity contribution is 7.80. The number of piperidine rings is 1. The van der Waals surface area contributed by atoms with Crippen molar-refractivity contribution in [1.82, 2.24) is 4.90 Å². The molecular formula is C13H24N2OS. The molecule has 1 fully saturated rings. The molecule has 1 heterocycles. The lowest BCUT2D eigenvalue weighted by molar-refractivity contribution is -0.136. The molecule has 1 saturated heterocycles. The first-order chi connectivity index (χ1) is 7.87. The largest absolute Gasteiger partial charge is 0.393 e. The lowest BCUT2D eigenvalue weighted by atomic mass is 9.83. The van der Waals surface area contributed by atoms with Gasteiger partial charge in [0.15, 0.2) is 0 Å². The van der Waals surface area contributed by atoms with E-state index in [-0.39, 0.29) is 17.2 Å². The average molecular weight is 256 g/mol. The topological polar surface area (TPSA) is 46.3 Å². The van der Waals surface area contributed by atoms with Gasteiger partial charge in [0, 0.05) is 13.1 Å². The van der Waals surface area contributed by atoms with Gasteiger partial charge < -0.3 is 10.6 Å². The molecule has 2 N–H and O–H groups in total. The molecule has 0 aromatic heterocycles. The lowest BCUT2D eigenvalue weighted by Gasteiger charge is -2.39. The molecule has 98 valence electrons. The Labute approximate surface area is 110 Å². The third-order valence-corrected chi connectivity index (χ3v) is 3.72. The fourth-order valence-corrected chi connectivity index (χ4v) is 2.73. The highest BCUT2D eigenvalue weighted by atomic mass is 32.1. The van der Waals surface area contributed by atoms with E-state index in [0.29, 0.717) is 4.99 Å². The SMILES string of the molecule is CCCC(C(=O)N1CCCC(C)(C)C1)C(N)=S. The third-order valence-electron chi connectivity index (χ3n) is 3.43. The molecule has 0 aliphatic carbocycles. The fourth-order valence-electron chi connectivity index (χ4n) is 2.51. The van der Waals surface area contributed by atoms with E-state index in [9.17, 15) is 4.79 Å². The molecule has 1 aliphatic heterocycles. The number of hydrogen-bond donors (Lipinski definition) is 1. The highest BCUT2D eigenvalue weighted by Gasteiger charge is 2.33. The Kier molecular flexibility index (Phi) is 4.92. The molecule has 0 spiro atoms. The molecule has 0 bridgehead atoms. The van der Waals surface area contributed by atoms with Crippen LogP contribution in [0.15, 0.2) is 0 Å². The molecule has 4 heteroatoms. The van der Waals surface area contributed by atoms with Crippen LogP contribution in [0.5, 0.6) is 0 Å². The maximum atomic E-state index is 12.4. The van der Waals surface area contributed by atoms with E-state index >= 15 is 0 Å². The minimum atomic E-state index is -0.260. The van der Waals surface area contributed by atoms with Crippen molar-refractivity contribution < 1.29 is 4.79 Å². The van der Waals surface area contributed by atoms with Gasteiger partial charge in [-0.05, 0) is 24.7 Å². The van der Waals surface area contributed by atoms with Crippen LogP contribution in [0.4, 0.5) is 0 Å². The molecule has 0 radical (unpaired) electrons. The number of nitrogens with two attached hydrogens (primary N) is 1. The van der Waals surface area contributed by atoms with Gasteiger partial charge in [-0.1, -0.05) is 39.4 Å². The van der Waals surface area contributed by atoms with Gasteiger partial charge in [-0.25, -0.2) is 0 Å². The summed E-state index contributed by atoms with van der Waals surface area (Å²) in [5.74, 6) is -0.129. The summed E-state index contributed by atoms with van der Waals surface area (Å²) < 4.78 is 0. The summed E-state index contributed by atoms with van der Waals surface area (Å²) in [5.41, 5.74) is 5.91. The van der Waals surface area contributed by atoms with E-state index in [1.165, 1.54) is 6.42 Å². The standard InChI is InChI=1S/C13H24N2OS/c1-4-6-10(11(14)17)12(16)15-8-5-7-13(2,3)9-15/h10H,4-9H2,1-3H3,(H2,14,17). The highest BCUT2D eigenvalue weighted by Crippen LogP contribution is 2.29. The number of carbonyl (C=O) groups excluding carboxylic acids is 1. The summed E-state index contributed by atoms with van der Waals surface area (Å²) >= 11 is 5.02. The van der Waals surface area contributed by atoms with E-state index in [2.05, 4.69) is 20.8 Å². The Balaban J connectivity index is 2.70. The second-order valence-corrected chi connectivity index (χ2v) is 6.24. The van der Waals surface area contributed by atoms with E-state index < -0.39 is 0 Å². The van der Waals surface area contributed by atoms with Gasteiger partial charge in [0.1, 0.15) is 0 Å². The molecule has 1 amide bonds. The summed E-state index contributed by atoms with van der Waals surface area (Å²) in [6, 6.07) is 0. The minimum absolute atomic E-state index is 0.132. The van der Waals surface area contributed by atoms with E-state index in [1.807, 2.05) is 4.90 Å². The average Bonchev–Trinajstić information content (AvgIpc) is 2.23. The Morgan fingerprint density at radius 3 is 2.65 bits per heavy atom. The Bertz CT molecular complexity index is 302. The Hall–Kier alpha value is -0.640. The Morgan fingerprint density at radius 1 is 1.53 bits per heavy atom. The quantitative estimate of drug-likeness (QED) is 0.785. The number of amides is 1. The number of thiocarbonyl (C=S) groups is 1. The van der Waals surface area contributed by atoms with Crippen molar-refractivity contribution in [1.29, 1.82) is 0 Å². The molecule has 0 saturated carbocycles. The molecule has 1 aliphatic rings. The molecule has 1 rings (SSSR count). The molecule has 0 aromatic rings. The van der Waals surface area contributed by atoms with Crippen molar-refractivity contribution in [3.63, 3.8) is 0 Å². The van der Waals surface area contributed by atoms with Crippen LogP contribution in [0, 0.1) is 11.3 Å². The van der Waals surface area contributed by atoms with Crippen LogP contribution in [0.3, 0.4) is 0 Å². The number of nitrogens with zero attached hydrogens (tertiary/aromatic N) is 1. The van der Waals surface area contributed by atoms with Gasteiger partial charge in [0.05, 0.1) is 10.9 Å². The third kappa shape index (κ3) is 3.95. The van der Waals surface area contributed by atoms with E-state index in [0.717, 1.165) is 32.4 Å². The summed E-state index contributed by atoms with van der Waals surface area (Å²) in [6.07, 6.45) is 3.97. The predicted octanol–water partition coefficient (Wildman–Crippen LogP) is 2.34. The van der Waals surface area contributed by atoms with Gasteiger partial charge >= 0.3 is 0 Å². The molecule has 17 heavy (non-hydrogen) atoms. The molecule has 1 atom stereocenters. The van der Waals surface area contributed by atoms with Crippen LogP contribution >= 0.6 is 12.2 Å². The Morgan fingerprint density at radius 2 is 2.18 bits per heavy atom. The second-order valence-electron chi connectivity index (χ2n) is 5.77. The maximum absolute atomic E-state index is 12.4. The maximum Gasteiger partial charge on any atom is 0.232 e.